The summed E-state index contributed by atoms with van der Waals surface area (Å²) in [7, 11) is 1.34. The number of hydrogen-bond donors (Lipinski definition) is 0. The van der Waals surface area contributed by atoms with Gasteiger partial charge in [0.15, 0.2) is 0 Å². The molecule has 0 bridgehead atoms. The Labute approximate surface area is 140 Å². The van der Waals surface area contributed by atoms with Gasteiger partial charge in [-0.05, 0) is 49.6 Å². The van der Waals surface area contributed by atoms with Crippen molar-refractivity contribution in [3.63, 3.8) is 0 Å². The van der Waals surface area contributed by atoms with Crippen molar-refractivity contribution in [1.29, 1.82) is 0 Å². The van der Waals surface area contributed by atoms with Crippen LogP contribution in [0.1, 0.15) is 37.4 Å². The third-order valence-electron chi connectivity index (χ3n) is 4.41. The van der Waals surface area contributed by atoms with Crippen LogP contribution in [0.5, 0.6) is 0 Å². The quantitative estimate of drug-likeness (QED) is 0.669. The van der Waals surface area contributed by atoms with Gasteiger partial charge in [0.05, 0.1) is 18.2 Å². The fourth-order valence-corrected chi connectivity index (χ4v) is 2.94. The number of carbonyl (C=O) groups is 2. The van der Waals surface area contributed by atoms with Gasteiger partial charge in [0, 0.05) is 17.1 Å². The van der Waals surface area contributed by atoms with Crippen molar-refractivity contribution in [2.75, 3.05) is 7.11 Å². The molecule has 2 aromatic carbocycles. The summed E-state index contributed by atoms with van der Waals surface area (Å²) in [4.78, 5) is 25.1. The molecule has 0 fully saturated rings. The van der Waals surface area contributed by atoms with Crippen LogP contribution in [0.25, 0.3) is 10.9 Å². The summed E-state index contributed by atoms with van der Waals surface area (Å²) in [6.45, 7) is 5.93. The number of fused-ring (bicyclic) bond motifs is 1. The summed E-state index contributed by atoms with van der Waals surface area (Å²) < 4.78 is 6.36. The molecule has 0 aliphatic carbocycles. The predicted molar refractivity (Wildman–Crippen MR) is 93.7 cm³/mol. The summed E-state index contributed by atoms with van der Waals surface area (Å²) in [5.74, 6) is -0.600. The molecule has 24 heavy (non-hydrogen) atoms. The molecule has 0 radical (unpaired) electrons. The SMILES string of the molecule is COC(=O)c1cn(C(=O)c2cc(C)c(C)cc2C)c2ccccc12. The maximum absolute atomic E-state index is 13.1. The molecule has 1 heterocycles. The molecule has 0 aliphatic heterocycles. The summed E-state index contributed by atoms with van der Waals surface area (Å²) in [6, 6.07) is 11.2. The smallest absolute Gasteiger partial charge is 0.340 e. The van der Waals surface area contributed by atoms with E-state index in [1.807, 2.05) is 57.2 Å². The average Bonchev–Trinajstić information content (AvgIpc) is 2.96. The molecule has 0 amide bonds. The van der Waals surface area contributed by atoms with Crippen LogP contribution in [0.15, 0.2) is 42.6 Å². The Morgan fingerprint density at radius 3 is 2.29 bits per heavy atom. The van der Waals surface area contributed by atoms with Crippen LogP contribution >= 0.6 is 0 Å². The van der Waals surface area contributed by atoms with Gasteiger partial charge >= 0.3 is 5.97 Å². The number of para-hydroxylation sites is 1. The number of methoxy groups -OCH3 is 1. The van der Waals surface area contributed by atoms with E-state index >= 15 is 0 Å². The summed E-state index contributed by atoms with van der Waals surface area (Å²) in [5.41, 5.74) is 4.85. The van der Waals surface area contributed by atoms with Crippen molar-refractivity contribution in [1.82, 2.24) is 4.57 Å². The molecule has 0 spiro atoms. The van der Waals surface area contributed by atoms with Crippen LogP contribution < -0.4 is 0 Å². The molecule has 0 N–H and O–H groups in total. The van der Waals surface area contributed by atoms with Gasteiger partial charge in [-0.25, -0.2) is 4.79 Å². The lowest BCUT2D eigenvalue weighted by atomic mass is 10.0. The van der Waals surface area contributed by atoms with E-state index in [2.05, 4.69) is 0 Å². The number of esters is 1. The van der Waals surface area contributed by atoms with E-state index in [1.54, 1.807) is 6.20 Å². The lowest BCUT2D eigenvalue weighted by Gasteiger charge is -2.10. The molecular formula is C20H19NO3. The molecule has 0 atom stereocenters. The number of aromatic nitrogens is 1. The second-order valence-corrected chi connectivity index (χ2v) is 5.98. The maximum Gasteiger partial charge on any atom is 0.340 e. The summed E-state index contributed by atoms with van der Waals surface area (Å²) in [6.07, 6.45) is 1.56. The van der Waals surface area contributed by atoms with Crippen LogP contribution in [0, 0.1) is 20.8 Å². The van der Waals surface area contributed by atoms with Crippen LogP contribution in [0.2, 0.25) is 0 Å². The molecule has 3 aromatic rings. The van der Waals surface area contributed by atoms with E-state index in [1.165, 1.54) is 11.7 Å². The number of aryl methyl sites for hydroxylation is 3. The number of nitrogens with zero attached hydrogens (tertiary/aromatic N) is 1. The Hall–Kier alpha value is -2.88. The Balaban J connectivity index is 2.21. The summed E-state index contributed by atoms with van der Waals surface area (Å²) in [5, 5.41) is 0.708. The molecule has 122 valence electrons. The average molecular weight is 321 g/mol. The Bertz CT molecular complexity index is 966. The van der Waals surface area contributed by atoms with Crippen LogP contribution in [-0.4, -0.2) is 23.6 Å². The van der Waals surface area contributed by atoms with E-state index in [9.17, 15) is 9.59 Å². The van der Waals surface area contributed by atoms with Gasteiger partial charge in [0.2, 0.25) is 0 Å². The van der Waals surface area contributed by atoms with Crippen molar-refractivity contribution in [2.45, 2.75) is 20.8 Å². The highest BCUT2D eigenvalue weighted by atomic mass is 16.5. The van der Waals surface area contributed by atoms with Crippen molar-refractivity contribution >= 4 is 22.8 Å². The topological polar surface area (TPSA) is 48.3 Å². The fourth-order valence-electron chi connectivity index (χ4n) is 2.94. The third-order valence-corrected chi connectivity index (χ3v) is 4.41. The monoisotopic (exact) mass is 321 g/mol. The second kappa shape index (κ2) is 5.96. The second-order valence-electron chi connectivity index (χ2n) is 5.98. The van der Waals surface area contributed by atoms with Gasteiger partial charge in [-0.1, -0.05) is 24.3 Å². The van der Waals surface area contributed by atoms with E-state index in [4.69, 9.17) is 4.74 Å². The normalized spacial score (nSPS) is 10.8. The first-order chi connectivity index (χ1) is 11.4. The molecule has 3 rings (SSSR count). The van der Waals surface area contributed by atoms with E-state index in [0.29, 0.717) is 22.0 Å². The van der Waals surface area contributed by atoms with Crippen molar-refractivity contribution in [2.24, 2.45) is 0 Å². The Morgan fingerprint density at radius 2 is 1.58 bits per heavy atom. The van der Waals surface area contributed by atoms with Crippen LogP contribution in [0.4, 0.5) is 0 Å². The zero-order valence-electron chi connectivity index (χ0n) is 14.2. The van der Waals surface area contributed by atoms with E-state index in [-0.39, 0.29) is 5.91 Å². The minimum atomic E-state index is -0.449. The number of carbonyl (C=O) groups excluding carboxylic acids is 2. The van der Waals surface area contributed by atoms with E-state index < -0.39 is 5.97 Å². The van der Waals surface area contributed by atoms with Gasteiger partial charge < -0.3 is 4.74 Å². The van der Waals surface area contributed by atoms with Crippen LogP contribution in [-0.2, 0) is 4.74 Å². The number of benzene rings is 2. The molecule has 4 heteroatoms. The maximum atomic E-state index is 13.1. The van der Waals surface area contributed by atoms with Gasteiger partial charge in [-0.2, -0.15) is 0 Å². The molecule has 1 aromatic heterocycles. The minimum Gasteiger partial charge on any atom is -0.465 e. The predicted octanol–water partition coefficient (Wildman–Crippen LogP) is 4.04. The Kier molecular flexibility index (Phi) is 3.97. The fraction of sp³-hybridized carbons (Fsp3) is 0.200. The highest BCUT2D eigenvalue weighted by molar-refractivity contribution is 6.10. The standard InChI is InChI=1S/C20H19NO3/c1-12-9-14(3)16(10-13(12)2)19(22)21-11-17(20(23)24-4)15-7-5-6-8-18(15)21/h5-11H,1-4H3. The van der Waals surface area contributed by atoms with E-state index in [0.717, 1.165) is 16.7 Å². The third kappa shape index (κ3) is 2.50. The lowest BCUT2D eigenvalue weighted by molar-refractivity contribution is 0.0603. The van der Waals surface area contributed by atoms with Crippen molar-refractivity contribution in [3.05, 3.63) is 70.4 Å². The molecule has 0 saturated carbocycles. The van der Waals surface area contributed by atoms with Crippen molar-refractivity contribution in [3.8, 4) is 0 Å². The zero-order chi connectivity index (χ0) is 17.4. The number of ether oxygens (including phenoxy) is 1. The zero-order valence-corrected chi connectivity index (χ0v) is 14.2. The first kappa shape index (κ1) is 16.0. The first-order valence-electron chi connectivity index (χ1n) is 7.75. The molecule has 4 nitrogen and oxygen atoms in total. The minimum absolute atomic E-state index is 0.151. The number of rotatable bonds is 2. The summed E-state index contributed by atoms with van der Waals surface area (Å²) >= 11 is 0. The lowest BCUT2D eigenvalue weighted by Crippen LogP contribution is -2.13. The highest BCUT2D eigenvalue weighted by Crippen LogP contribution is 2.24. The highest BCUT2D eigenvalue weighted by Gasteiger charge is 2.20. The molecule has 0 aliphatic rings. The molecule has 0 unspecified atom stereocenters. The number of hydrogen-bond acceptors (Lipinski definition) is 3. The Morgan fingerprint density at radius 1 is 0.917 bits per heavy atom. The molecular weight excluding hydrogens is 302 g/mol. The van der Waals surface area contributed by atoms with Gasteiger partial charge in [0.1, 0.15) is 0 Å². The van der Waals surface area contributed by atoms with Gasteiger partial charge in [-0.15, -0.1) is 0 Å². The van der Waals surface area contributed by atoms with Crippen LogP contribution in [0.3, 0.4) is 0 Å². The molecule has 0 saturated heterocycles. The first-order valence-corrected chi connectivity index (χ1v) is 7.75. The van der Waals surface area contributed by atoms with Crippen molar-refractivity contribution < 1.29 is 14.3 Å². The van der Waals surface area contributed by atoms with Gasteiger partial charge in [0.25, 0.3) is 5.91 Å². The largest absolute Gasteiger partial charge is 0.465 e. The van der Waals surface area contributed by atoms with Gasteiger partial charge in [-0.3, -0.25) is 9.36 Å².